The van der Waals surface area contributed by atoms with Gasteiger partial charge in [-0.25, -0.2) is 4.98 Å². The molecule has 3 N–H and O–H groups in total. The lowest BCUT2D eigenvalue weighted by Crippen LogP contribution is -2.50. The summed E-state index contributed by atoms with van der Waals surface area (Å²) in [5, 5.41) is 17.4. The van der Waals surface area contributed by atoms with E-state index in [1.54, 1.807) is 36.3 Å². The van der Waals surface area contributed by atoms with Gasteiger partial charge in [0.1, 0.15) is 23.3 Å². The fourth-order valence-electron chi connectivity index (χ4n) is 5.23. The topological polar surface area (TPSA) is 127 Å². The van der Waals surface area contributed by atoms with Gasteiger partial charge in [-0.15, -0.1) is 0 Å². The molecule has 2 aliphatic carbocycles. The normalized spacial score (nSPS) is 16.1. The van der Waals surface area contributed by atoms with Crippen molar-refractivity contribution in [3.8, 4) is 16.9 Å². The minimum Gasteiger partial charge on any atom is -0.496 e. The molecule has 0 bridgehead atoms. The summed E-state index contributed by atoms with van der Waals surface area (Å²) in [6.07, 6.45) is 7.67. The van der Waals surface area contributed by atoms with Crippen LogP contribution in [0.3, 0.4) is 0 Å². The van der Waals surface area contributed by atoms with Gasteiger partial charge in [-0.3, -0.25) is 19.4 Å². The molecule has 0 radical (unpaired) electrons. The third kappa shape index (κ3) is 4.72. The minimum atomic E-state index is -0.649. The molecular weight excluding hydrogens is 458 g/mol. The number of hydrogen-bond acceptors (Lipinski definition) is 6. The Kier molecular flexibility index (Phi) is 6.51. The fourth-order valence-corrected chi connectivity index (χ4v) is 5.23. The second-order valence-corrected chi connectivity index (χ2v) is 9.80. The number of anilines is 1. The first kappa shape index (κ1) is 24.0. The van der Waals surface area contributed by atoms with E-state index in [1.807, 2.05) is 20.8 Å². The van der Waals surface area contributed by atoms with Gasteiger partial charge in [0.05, 0.1) is 12.8 Å². The third-order valence-corrected chi connectivity index (χ3v) is 7.27. The fraction of sp³-hybridized carbons (Fsp3) is 0.500. The molecule has 1 unspecified atom stereocenters. The standard InChI is InChI=1S/C26H33N7O3/c1-5-33-19(10-11-28-33)25(34)30-24(23(16-6-7-16)17-8-9-17)26(35)29-21-12-20(36-4)18(13-27-21)22-14(2)31-32-15(22)3/h10-13,16-17,23-24H,5-9H2,1-4H3,(H,30,34)(H,31,32)(H,27,29,35). The summed E-state index contributed by atoms with van der Waals surface area (Å²) in [5.74, 6) is 1.46. The van der Waals surface area contributed by atoms with Crippen molar-refractivity contribution in [1.82, 2.24) is 30.3 Å². The molecule has 2 amide bonds. The molecule has 2 fully saturated rings. The summed E-state index contributed by atoms with van der Waals surface area (Å²) in [6, 6.07) is 2.75. The van der Waals surface area contributed by atoms with Crippen LogP contribution in [-0.4, -0.2) is 49.9 Å². The van der Waals surface area contributed by atoms with Crippen molar-refractivity contribution in [2.45, 2.75) is 59.0 Å². The Morgan fingerprint density at radius 1 is 1.22 bits per heavy atom. The predicted molar refractivity (Wildman–Crippen MR) is 135 cm³/mol. The zero-order valence-electron chi connectivity index (χ0n) is 21.2. The van der Waals surface area contributed by atoms with Gasteiger partial charge in [-0.2, -0.15) is 10.2 Å². The number of ether oxygens (including phenoxy) is 1. The van der Waals surface area contributed by atoms with Crippen LogP contribution < -0.4 is 15.4 Å². The zero-order chi connectivity index (χ0) is 25.4. The van der Waals surface area contributed by atoms with E-state index in [9.17, 15) is 9.59 Å². The van der Waals surface area contributed by atoms with Gasteiger partial charge in [-0.05, 0) is 70.3 Å². The first-order valence-corrected chi connectivity index (χ1v) is 12.6. The van der Waals surface area contributed by atoms with Gasteiger partial charge < -0.3 is 15.4 Å². The number of hydrogen-bond donors (Lipinski definition) is 3. The Bertz CT molecular complexity index is 1240. The number of carbonyl (C=O) groups excluding carboxylic acids is 2. The Balaban J connectivity index is 1.40. The van der Waals surface area contributed by atoms with Crippen LogP contribution in [0.5, 0.6) is 5.75 Å². The first-order valence-electron chi connectivity index (χ1n) is 12.6. The molecular formula is C26H33N7O3. The van der Waals surface area contributed by atoms with E-state index >= 15 is 0 Å². The highest BCUT2D eigenvalue weighted by molar-refractivity contribution is 6.00. The van der Waals surface area contributed by atoms with Crippen LogP contribution in [0.15, 0.2) is 24.5 Å². The summed E-state index contributed by atoms with van der Waals surface area (Å²) < 4.78 is 7.27. The zero-order valence-corrected chi connectivity index (χ0v) is 21.2. The van der Waals surface area contributed by atoms with Crippen molar-refractivity contribution in [2.75, 3.05) is 12.4 Å². The van der Waals surface area contributed by atoms with E-state index < -0.39 is 6.04 Å². The summed E-state index contributed by atoms with van der Waals surface area (Å²) in [5.41, 5.74) is 3.93. The molecule has 2 saturated carbocycles. The molecule has 190 valence electrons. The molecule has 2 aliphatic rings. The lowest BCUT2D eigenvalue weighted by Gasteiger charge is -2.27. The summed E-state index contributed by atoms with van der Waals surface area (Å²) in [6.45, 7) is 6.37. The summed E-state index contributed by atoms with van der Waals surface area (Å²) >= 11 is 0. The number of methoxy groups -OCH3 is 1. The molecule has 3 heterocycles. The number of aromatic amines is 1. The summed E-state index contributed by atoms with van der Waals surface area (Å²) in [4.78, 5) is 31.3. The number of carbonyl (C=O) groups is 2. The number of nitrogens with one attached hydrogen (secondary N) is 3. The molecule has 0 aromatic carbocycles. The van der Waals surface area contributed by atoms with Gasteiger partial charge in [0.2, 0.25) is 5.91 Å². The number of pyridine rings is 1. The van der Waals surface area contributed by atoms with Gasteiger partial charge >= 0.3 is 0 Å². The highest BCUT2D eigenvalue weighted by Gasteiger charge is 2.48. The second kappa shape index (κ2) is 9.75. The van der Waals surface area contributed by atoms with Crippen LogP contribution in [0.4, 0.5) is 5.82 Å². The van der Waals surface area contributed by atoms with Crippen LogP contribution in [0.25, 0.3) is 11.1 Å². The predicted octanol–water partition coefficient (Wildman–Crippen LogP) is 3.49. The Morgan fingerprint density at radius 2 is 1.94 bits per heavy atom. The molecule has 0 saturated heterocycles. The van der Waals surface area contributed by atoms with Crippen LogP contribution >= 0.6 is 0 Å². The number of amides is 2. The maximum Gasteiger partial charge on any atom is 0.270 e. The molecule has 10 heteroatoms. The Labute approximate surface area is 210 Å². The van der Waals surface area contributed by atoms with Gasteiger partial charge in [0.25, 0.3) is 5.91 Å². The number of aromatic nitrogens is 5. The van der Waals surface area contributed by atoms with Crippen molar-refractivity contribution in [1.29, 1.82) is 0 Å². The molecule has 3 aromatic heterocycles. The largest absolute Gasteiger partial charge is 0.496 e. The van der Waals surface area contributed by atoms with Gasteiger partial charge in [0, 0.05) is 41.8 Å². The van der Waals surface area contributed by atoms with E-state index in [-0.39, 0.29) is 17.7 Å². The lowest BCUT2D eigenvalue weighted by atomic mass is 9.88. The maximum atomic E-state index is 13.7. The average molecular weight is 492 g/mol. The molecule has 1 atom stereocenters. The van der Waals surface area contributed by atoms with Crippen LogP contribution in [0.2, 0.25) is 0 Å². The molecule has 36 heavy (non-hydrogen) atoms. The minimum absolute atomic E-state index is 0.115. The quantitative estimate of drug-likeness (QED) is 0.398. The van der Waals surface area contributed by atoms with Crippen LogP contribution in [-0.2, 0) is 11.3 Å². The highest BCUT2D eigenvalue weighted by Crippen LogP contribution is 2.51. The van der Waals surface area contributed by atoms with E-state index in [2.05, 4.69) is 30.9 Å². The lowest BCUT2D eigenvalue weighted by molar-refractivity contribution is -0.119. The number of H-pyrrole nitrogens is 1. The van der Waals surface area contributed by atoms with Gasteiger partial charge in [0.15, 0.2) is 0 Å². The molecule has 10 nitrogen and oxygen atoms in total. The molecule has 0 aliphatic heterocycles. The van der Waals surface area contributed by atoms with Crippen molar-refractivity contribution in [2.24, 2.45) is 17.8 Å². The van der Waals surface area contributed by atoms with Crippen LogP contribution in [0, 0.1) is 31.6 Å². The van der Waals surface area contributed by atoms with E-state index in [0.717, 1.165) is 48.2 Å². The first-order chi connectivity index (χ1) is 17.4. The third-order valence-electron chi connectivity index (χ3n) is 7.27. The monoisotopic (exact) mass is 491 g/mol. The smallest absolute Gasteiger partial charge is 0.270 e. The van der Waals surface area contributed by atoms with Crippen LogP contribution in [0.1, 0.15) is 54.5 Å². The van der Waals surface area contributed by atoms with Crippen molar-refractivity contribution in [3.05, 3.63) is 41.6 Å². The number of nitrogens with zero attached hydrogens (tertiary/aromatic N) is 4. The highest BCUT2D eigenvalue weighted by atomic mass is 16.5. The van der Waals surface area contributed by atoms with Crippen molar-refractivity contribution in [3.63, 3.8) is 0 Å². The molecule has 0 spiro atoms. The van der Waals surface area contributed by atoms with Crippen molar-refractivity contribution >= 4 is 17.6 Å². The second-order valence-electron chi connectivity index (χ2n) is 9.80. The summed E-state index contributed by atoms with van der Waals surface area (Å²) in [7, 11) is 1.59. The number of aryl methyl sites for hydroxylation is 3. The van der Waals surface area contributed by atoms with E-state index in [1.165, 1.54) is 0 Å². The SMILES string of the molecule is CCn1nccc1C(=O)NC(C(=O)Nc1cc(OC)c(-c2c(C)n[nH]c2C)cn1)C(C1CC1)C1CC1. The molecule has 5 rings (SSSR count). The maximum absolute atomic E-state index is 13.7. The average Bonchev–Trinajstić information content (AvgIpc) is 3.81. The number of rotatable bonds is 10. The van der Waals surface area contributed by atoms with E-state index in [4.69, 9.17) is 4.74 Å². The Hall–Kier alpha value is -3.69. The van der Waals surface area contributed by atoms with Crippen molar-refractivity contribution < 1.29 is 14.3 Å². The Morgan fingerprint density at radius 3 is 2.53 bits per heavy atom. The van der Waals surface area contributed by atoms with E-state index in [0.29, 0.717) is 35.6 Å². The van der Waals surface area contributed by atoms with Gasteiger partial charge in [-0.1, -0.05) is 0 Å². The molecule has 3 aromatic rings.